The van der Waals surface area contributed by atoms with Crippen LogP contribution < -0.4 is 0 Å². The van der Waals surface area contributed by atoms with Crippen LogP contribution in [0.25, 0.3) is 0 Å². The highest BCUT2D eigenvalue weighted by atomic mass is 16.3. The van der Waals surface area contributed by atoms with E-state index in [1.807, 2.05) is 6.92 Å². The SMILES string of the molecule is CCCC[C@@H](O)[C@@H](O)[C@H](CO)n1cc(CCO)nn1. The Morgan fingerprint density at radius 2 is 2.05 bits per heavy atom. The third kappa shape index (κ3) is 4.54. The van der Waals surface area contributed by atoms with Crippen molar-refractivity contribution in [3.8, 4) is 0 Å². The zero-order chi connectivity index (χ0) is 14.3. The number of hydrogen-bond acceptors (Lipinski definition) is 6. The third-order valence-electron chi connectivity index (χ3n) is 3.09. The van der Waals surface area contributed by atoms with Crippen LogP contribution in [0.5, 0.6) is 0 Å². The van der Waals surface area contributed by atoms with Gasteiger partial charge in [0.1, 0.15) is 12.1 Å². The molecule has 19 heavy (non-hydrogen) atoms. The minimum Gasteiger partial charge on any atom is -0.396 e. The summed E-state index contributed by atoms with van der Waals surface area (Å²) in [7, 11) is 0. The molecule has 1 heterocycles. The smallest absolute Gasteiger partial charge is 0.105 e. The molecule has 0 aliphatic carbocycles. The van der Waals surface area contributed by atoms with Gasteiger partial charge in [-0.2, -0.15) is 0 Å². The highest BCUT2D eigenvalue weighted by Crippen LogP contribution is 2.17. The lowest BCUT2D eigenvalue weighted by atomic mass is 10.0. The van der Waals surface area contributed by atoms with Gasteiger partial charge in [-0.05, 0) is 6.42 Å². The summed E-state index contributed by atoms with van der Waals surface area (Å²) in [6, 6.07) is -0.730. The minimum absolute atomic E-state index is 0.0375. The van der Waals surface area contributed by atoms with Crippen LogP contribution in [0.3, 0.4) is 0 Å². The van der Waals surface area contributed by atoms with E-state index in [4.69, 9.17) is 5.11 Å². The Bertz CT molecular complexity index is 358. The van der Waals surface area contributed by atoms with E-state index in [0.29, 0.717) is 18.5 Å². The number of rotatable bonds is 9. The van der Waals surface area contributed by atoms with Crippen molar-refractivity contribution >= 4 is 0 Å². The fourth-order valence-electron chi connectivity index (χ4n) is 1.89. The lowest BCUT2D eigenvalue weighted by Crippen LogP contribution is -2.37. The summed E-state index contributed by atoms with van der Waals surface area (Å²) in [5, 5.41) is 45.7. The van der Waals surface area contributed by atoms with Crippen molar-refractivity contribution in [2.75, 3.05) is 13.2 Å². The van der Waals surface area contributed by atoms with E-state index in [9.17, 15) is 15.3 Å². The van der Waals surface area contributed by atoms with Crippen molar-refractivity contribution in [3.63, 3.8) is 0 Å². The number of unbranched alkanes of at least 4 members (excludes halogenated alkanes) is 1. The molecule has 0 saturated carbocycles. The molecule has 1 aromatic rings. The molecule has 0 radical (unpaired) electrons. The van der Waals surface area contributed by atoms with E-state index in [-0.39, 0.29) is 13.2 Å². The van der Waals surface area contributed by atoms with Crippen molar-refractivity contribution < 1.29 is 20.4 Å². The van der Waals surface area contributed by atoms with Gasteiger partial charge in [0.05, 0.1) is 18.4 Å². The second kappa shape index (κ2) is 8.21. The highest BCUT2D eigenvalue weighted by molar-refractivity contribution is 4.95. The highest BCUT2D eigenvalue weighted by Gasteiger charge is 2.27. The number of hydrogen-bond donors (Lipinski definition) is 4. The molecule has 0 saturated heterocycles. The molecule has 0 aromatic carbocycles. The van der Waals surface area contributed by atoms with Crippen LogP contribution in [-0.2, 0) is 6.42 Å². The molecule has 1 rings (SSSR count). The van der Waals surface area contributed by atoms with E-state index in [1.165, 1.54) is 4.68 Å². The summed E-state index contributed by atoms with van der Waals surface area (Å²) < 4.78 is 1.34. The van der Waals surface area contributed by atoms with E-state index < -0.39 is 18.2 Å². The van der Waals surface area contributed by atoms with Gasteiger partial charge in [0.25, 0.3) is 0 Å². The van der Waals surface area contributed by atoms with Gasteiger partial charge in [0.15, 0.2) is 0 Å². The topological polar surface area (TPSA) is 112 Å². The first-order valence-corrected chi connectivity index (χ1v) is 6.62. The Morgan fingerprint density at radius 3 is 2.63 bits per heavy atom. The predicted octanol–water partition coefficient (Wildman–Crippen LogP) is -0.742. The van der Waals surface area contributed by atoms with E-state index in [2.05, 4.69) is 10.3 Å². The molecular formula is C12H23N3O4. The lowest BCUT2D eigenvalue weighted by Gasteiger charge is -2.25. The number of aromatic nitrogens is 3. The summed E-state index contributed by atoms with van der Waals surface area (Å²) in [5.41, 5.74) is 0.580. The first-order valence-electron chi connectivity index (χ1n) is 6.62. The zero-order valence-electron chi connectivity index (χ0n) is 11.2. The zero-order valence-corrected chi connectivity index (χ0v) is 11.2. The van der Waals surface area contributed by atoms with Gasteiger partial charge in [0, 0.05) is 19.2 Å². The summed E-state index contributed by atoms with van der Waals surface area (Å²) >= 11 is 0. The molecule has 0 aliphatic heterocycles. The molecule has 1 aromatic heterocycles. The Labute approximate surface area is 112 Å². The van der Waals surface area contributed by atoms with Crippen molar-refractivity contribution in [1.82, 2.24) is 15.0 Å². The van der Waals surface area contributed by atoms with Gasteiger partial charge in [-0.3, -0.25) is 0 Å². The molecule has 3 atom stereocenters. The molecular weight excluding hydrogens is 250 g/mol. The average molecular weight is 273 g/mol. The largest absolute Gasteiger partial charge is 0.396 e. The molecule has 0 spiro atoms. The second-order valence-corrected chi connectivity index (χ2v) is 4.61. The number of nitrogens with zero attached hydrogens (tertiary/aromatic N) is 3. The van der Waals surface area contributed by atoms with E-state index >= 15 is 0 Å². The Balaban J connectivity index is 2.69. The minimum atomic E-state index is -1.10. The van der Waals surface area contributed by atoms with Crippen molar-refractivity contribution in [2.45, 2.75) is 50.9 Å². The number of aliphatic hydroxyl groups is 4. The molecule has 0 bridgehead atoms. The fourth-order valence-corrected chi connectivity index (χ4v) is 1.89. The van der Waals surface area contributed by atoms with Crippen LogP contribution in [-0.4, -0.2) is 60.8 Å². The van der Waals surface area contributed by atoms with Crippen molar-refractivity contribution in [2.24, 2.45) is 0 Å². The molecule has 0 unspecified atom stereocenters. The van der Waals surface area contributed by atoms with Crippen LogP contribution in [0.4, 0.5) is 0 Å². The fraction of sp³-hybridized carbons (Fsp3) is 0.833. The maximum Gasteiger partial charge on any atom is 0.105 e. The quantitative estimate of drug-likeness (QED) is 0.471. The third-order valence-corrected chi connectivity index (χ3v) is 3.09. The Hall–Kier alpha value is -1.02. The first kappa shape index (κ1) is 16.0. The average Bonchev–Trinajstić information content (AvgIpc) is 2.85. The van der Waals surface area contributed by atoms with Gasteiger partial charge in [-0.25, -0.2) is 4.68 Å². The normalized spacial score (nSPS) is 16.3. The predicted molar refractivity (Wildman–Crippen MR) is 68.5 cm³/mol. The van der Waals surface area contributed by atoms with Crippen LogP contribution in [0.15, 0.2) is 6.20 Å². The Morgan fingerprint density at radius 1 is 1.32 bits per heavy atom. The molecule has 110 valence electrons. The van der Waals surface area contributed by atoms with Crippen LogP contribution in [0.1, 0.15) is 37.9 Å². The maximum absolute atomic E-state index is 10.0. The maximum atomic E-state index is 10.0. The summed E-state index contributed by atoms with van der Waals surface area (Å²) in [6.07, 6.45) is 2.15. The summed E-state index contributed by atoms with van der Waals surface area (Å²) in [6.45, 7) is 1.62. The van der Waals surface area contributed by atoms with Gasteiger partial charge in [-0.1, -0.05) is 25.0 Å². The molecule has 0 fully saturated rings. The van der Waals surface area contributed by atoms with E-state index in [1.54, 1.807) is 6.20 Å². The Kier molecular flexibility index (Phi) is 6.93. The lowest BCUT2D eigenvalue weighted by molar-refractivity contribution is -0.0349. The van der Waals surface area contributed by atoms with Crippen molar-refractivity contribution in [1.29, 1.82) is 0 Å². The van der Waals surface area contributed by atoms with Crippen LogP contribution in [0.2, 0.25) is 0 Å². The van der Waals surface area contributed by atoms with E-state index in [0.717, 1.165) is 12.8 Å². The number of aliphatic hydroxyl groups excluding tert-OH is 4. The van der Waals surface area contributed by atoms with Crippen LogP contribution >= 0.6 is 0 Å². The molecule has 7 heteroatoms. The standard InChI is InChI=1S/C12H23N3O4/c1-2-3-4-11(18)12(19)10(8-17)15-7-9(5-6-16)13-14-15/h7,10-12,16-19H,2-6,8H2,1H3/t10-,11+,12-/m0/s1. The van der Waals surface area contributed by atoms with Gasteiger partial charge >= 0.3 is 0 Å². The molecule has 0 aliphatic rings. The second-order valence-electron chi connectivity index (χ2n) is 4.61. The van der Waals surface area contributed by atoms with Gasteiger partial charge in [-0.15, -0.1) is 5.10 Å². The molecule has 4 N–H and O–H groups in total. The van der Waals surface area contributed by atoms with Gasteiger partial charge in [0.2, 0.25) is 0 Å². The molecule has 7 nitrogen and oxygen atoms in total. The molecule has 0 amide bonds. The summed E-state index contributed by atoms with van der Waals surface area (Å²) in [5.74, 6) is 0. The van der Waals surface area contributed by atoms with Crippen LogP contribution in [0, 0.1) is 0 Å². The first-order chi connectivity index (χ1) is 9.13. The summed E-state index contributed by atoms with van der Waals surface area (Å²) in [4.78, 5) is 0. The van der Waals surface area contributed by atoms with Gasteiger partial charge < -0.3 is 20.4 Å². The monoisotopic (exact) mass is 273 g/mol. The van der Waals surface area contributed by atoms with Crippen molar-refractivity contribution in [3.05, 3.63) is 11.9 Å².